The molecule has 86 valence electrons. The SMILES string of the molecule is NNC(=O)C1(Cc2ccccc2)CCCN1. The lowest BCUT2D eigenvalue weighted by Crippen LogP contribution is -2.56. The molecule has 0 aromatic heterocycles. The van der Waals surface area contributed by atoms with Gasteiger partial charge in [-0.25, -0.2) is 5.84 Å². The maximum absolute atomic E-state index is 11.8. The van der Waals surface area contributed by atoms with Crippen LogP contribution in [0.5, 0.6) is 0 Å². The van der Waals surface area contributed by atoms with Gasteiger partial charge in [0.15, 0.2) is 0 Å². The van der Waals surface area contributed by atoms with E-state index in [1.54, 1.807) is 0 Å². The van der Waals surface area contributed by atoms with Gasteiger partial charge in [-0.2, -0.15) is 0 Å². The van der Waals surface area contributed by atoms with Crippen molar-refractivity contribution in [3.8, 4) is 0 Å². The summed E-state index contributed by atoms with van der Waals surface area (Å²) in [5, 5.41) is 3.28. The Morgan fingerprint density at radius 3 is 2.75 bits per heavy atom. The average molecular weight is 219 g/mol. The zero-order chi connectivity index (χ0) is 11.4. The standard InChI is InChI=1S/C12H17N3O/c13-15-11(16)12(7-4-8-14-12)9-10-5-2-1-3-6-10/h1-3,5-6,14H,4,7-9,13H2,(H,15,16). The Kier molecular flexibility index (Phi) is 3.22. The highest BCUT2D eigenvalue weighted by molar-refractivity contribution is 5.86. The van der Waals surface area contributed by atoms with Crippen LogP contribution in [0, 0.1) is 0 Å². The first kappa shape index (κ1) is 11.1. The second kappa shape index (κ2) is 4.63. The molecule has 0 aliphatic carbocycles. The Hall–Kier alpha value is -1.39. The summed E-state index contributed by atoms with van der Waals surface area (Å²) in [5.41, 5.74) is 2.90. The molecular formula is C12H17N3O. The molecule has 0 spiro atoms. The van der Waals surface area contributed by atoms with Crippen LogP contribution in [0.2, 0.25) is 0 Å². The quantitative estimate of drug-likeness (QED) is 0.390. The summed E-state index contributed by atoms with van der Waals surface area (Å²) in [6, 6.07) is 10.0. The molecule has 0 saturated carbocycles. The summed E-state index contributed by atoms with van der Waals surface area (Å²) in [7, 11) is 0. The number of carbonyl (C=O) groups is 1. The van der Waals surface area contributed by atoms with Gasteiger partial charge in [0.2, 0.25) is 0 Å². The molecule has 2 rings (SSSR count). The maximum Gasteiger partial charge on any atom is 0.254 e. The Balaban J connectivity index is 2.18. The van der Waals surface area contributed by atoms with Crippen molar-refractivity contribution in [2.24, 2.45) is 5.84 Å². The van der Waals surface area contributed by atoms with Crippen molar-refractivity contribution in [2.45, 2.75) is 24.8 Å². The second-order valence-electron chi connectivity index (χ2n) is 4.25. The molecule has 16 heavy (non-hydrogen) atoms. The molecule has 1 unspecified atom stereocenters. The molecule has 0 bridgehead atoms. The van der Waals surface area contributed by atoms with E-state index < -0.39 is 5.54 Å². The molecule has 1 aromatic rings. The molecule has 1 heterocycles. The molecule has 4 nitrogen and oxygen atoms in total. The van der Waals surface area contributed by atoms with E-state index in [2.05, 4.69) is 10.7 Å². The lowest BCUT2D eigenvalue weighted by atomic mass is 9.88. The third kappa shape index (κ3) is 2.08. The number of amides is 1. The summed E-state index contributed by atoms with van der Waals surface area (Å²) < 4.78 is 0. The minimum absolute atomic E-state index is 0.117. The minimum Gasteiger partial charge on any atom is -0.303 e. The number of carbonyl (C=O) groups excluding carboxylic acids is 1. The molecule has 1 aromatic carbocycles. The number of benzene rings is 1. The molecule has 1 aliphatic rings. The number of hydrogen-bond donors (Lipinski definition) is 3. The van der Waals surface area contributed by atoms with E-state index in [1.165, 1.54) is 0 Å². The van der Waals surface area contributed by atoms with E-state index in [9.17, 15) is 4.79 Å². The number of rotatable bonds is 3. The van der Waals surface area contributed by atoms with E-state index in [0.717, 1.165) is 24.9 Å². The second-order valence-corrected chi connectivity index (χ2v) is 4.25. The van der Waals surface area contributed by atoms with Crippen LogP contribution in [0.15, 0.2) is 30.3 Å². The monoisotopic (exact) mass is 219 g/mol. The van der Waals surface area contributed by atoms with E-state index in [0.29, 0.717) is 6.42 Å². The minimum atomic E-state index is -0.518. The highest BCUT2D eigenvalue weighted by atomic mass is 16.2. The van der Waals surface area contributed by atoms with Crippen LogP contribution in [0.3, 0.4) is 0 Å². The summed E-state index contributed by atoms with van der Waals surface area (Å²) in [5.74, 6) is 5.13. The van der Waals surface area contributed by atoms with Crippen molar-refractivity contribution >= 4 is 5.91 Å². The van der Waals surface area contributed by atoms with E-state index in [4.69, 9.17) is 5.84 Å². The summed E-state index contributed by atoms with van der Waals surface area (Å²) in [4.78, 5) is 11.8. The maximum atomic E-state index is 11.8. The lowest BCUT2D eigenvalue weighted by molar-refractivity contribution is -0.127. The van der Waals surface area contributed by atoms with Gasteiger partial charge in [-0.3, -0.25) is 10.2 Å². The zero-order valence-electron chi connectivity index (χ0n) is 9.20. The first-order valence-corrected chi connectivity index (χ1v) is 5.57. The Morgan fingerprint density at radius 1 is 1.44 bits per heavy atom. The molecule has 4 N–H and O–H groups in total. The first-order chi connectivity index (χ1) is 7.77. The van der Waals surface area contributed by atoms with Crippen molar-refractivity contribution in [2.75, 3.05) is 6.54 Å². The molecule has 1 aliphatic heterocycles. The molecule has 1 amide bonds. The van der Waals surface area contributed by atoms with Gasteiger partial charge < -0.3 is 5.32 Å². The van der Waals surface area contributed by atoms with Gasteiger partial charge in [-0.05, 0) is 31.4 Å². The Bertz CT molecular complexity index is 358. The molecule has 1 atom stereocenters. The molecule has 0 radical (unpaired) electrons. The van der Waals surface area contributed by atoms with Crippen LogP contribution < -0.4 is 16.6 Å². The van der Waals surface area contributed by atoms with Crippen LogP contribution >= 0.6 is 0 Å². The predicted molar refractivity (Wildman–Crippen MR) is 62.4 cm³/mol. The van der Waals surface area contributed by atoms with E-state index in [-0.39, 0.29) is 5.91 Å². The topological polar surface area (TPSA) is 67.1 Å². The van der Waals surface area contributed by atoms with Crippen LogP contribution in [0.1, 0.15) is 18.4 Å². The Labute approximate surface area is 95.2 Å². The molecule has 1 saturated heterocycles. The average Bonchev–Trinajstić information content (AvgIpc) is 2.79. The highest BCUT2D eigenvalue weighted by Crippen LogP contribution is 2.24. The van der Waals surface area contributed by atoms with Gasteiger partial charge in [-0.1, -0.05) is 30.3 Å². The third-order valence-corrected chi connectivity index (χ3v) is 3.16. The van der Waals surface area contributed by atoms with Crippen LogP contribution in [-0.2, 0) is 11.2 Å². The molecule has 1 fully saturated rings. The van der Waals surface area contributed by atoms with Crippen LogP contribution in [-0.4, -0.2) is 18.0 Å². The van der Waals surface area contributed by atoms with E-state index in [1.807, 2.05) is 30.3 Å². The fourth-order valence-electron chi connectivity index (χ4n) is 2.31. The third-order valence-electron chi connectivity index (χ3n) is 3.16. The van der Waals surface area contributed by atoms with Crippen LogP contribution in [0.4, 0.5) is 0 Å². The van der Waals surface area contributed by atoms with Crippen molar-refractivity contribution in [3.63, 3.8) is 0 Å². The van der Waals surface area contributed by atoms with E-state index >= 15 is 0 Å². The lowest BCUT2D eigenvalue weighted by Gasteiger charge is -2.27. The molecular weight excluding hydrogens is 202 g/mol. The fraction of sp³-hybridized carbons (Fsp3) is 0.417. The summed E-state index contributed by atoms with van der Waals surface area (Å²) in [6.07, 6.45) is 2.54. The van der Waals surface area contributed by atoms with Crippen molar-refractivity contribution in [1.29, 1.82) is 0 Å². The van der Waals surface area contributed by atoms with Crippen molar-refractivity contribution < 1.29 is 4.79 Å². The fourth-order valence-corrected chi connectivity index (χ4v) is 2.31. The van der Waals surface area contributed by atoms with Crippen LogP contribution in [0.25, 0.3) is 0 Å². The Morgan fingerprint density at radius 2 is 2.19 bits per heavy atom. The van der Waals surface area contributed by atoms with Gasteiger partial charge in [0.25, 0.3) is 5.91 Å². The number of nitrogens with one attached hydrogen (secondary N) is 2. The van der Waals surface area contributed by atoms with Crippen molar-refractivity contribution in [1.82, 2.24) is 10.7 Å². The first-order valence-electron chi connectivity index (χ1n) is 5.57. The number of hydrogen-bond acceptors (Lipinski definition) is 3. The van der Waals surface area contributed by atoms with Gasteiger partial charge >= 0.3 is 0 Å². The van der Waals surface area contributed by atoms with Gasteiger partial charge in [0.1, 0.15) is 5.54 Å². The normalized spacial score (nSPS) is 24.3. The predicted octanol–water partition coefficient (Wildman–Crippen LogP) is 0.341. The highest BCUT2D eigenvalue weighted by Gasteiger charge is 2.40. The smallest absolute Gasteiger partial charge is 0.254 e. The zero-order valence-corrected chi connectivity index (χ0v) is 9.20. The summed E-state index contributed by atoms with van der Waals surface area (Å²) in [6.45, 7) is 0.875. The van der Waals surface area contributed by atoms with Gasteiger partial charge in [-0.15, -0.1) is 0 Å². The van der Waals surface area contributed by atoms with Crippen molar-refractivity contribution in [3.05, 3.63) is 35.9 Å². The molecule has 4 heteroatoms. The summed E-state index contributed by atoms with van der Waals surface area (Å²) >= 11 is 0. The number of nitrogens with two attached hydrogens (primary N) is 1. The number of hydrazine groups is 1. The largest absolute Gasteiger partial charge is 0.303 e. The van der Waals surface area contributed by atoms with Gasteiger partial charge in [0.05, 0.1) is 0 Å². The van der Waals surface area contributed by atoms with Gasteiger partial charge in [0, 0.05) is 0 Å².